The maximum absolute atomic E-state index is 12.4. The molecule has 0 radical (unpaired) electrons. The van der Waals surface area contributed by atoms with Crippen molar-refractivity contribution in [3.8, 4) is 5.69 Å². The Labute approximate surface area is 146 Å². The maximum Gasteiger partial charge on any atom is 0.317 e. The van der Waals surface area contributed by atoms with Crippen LogP contribution in [0.3, 0.4) is 0 Å². The molecule has 130 valence electrons. The van der Waals surface area contributed by atoms with Gasteiger partial charge in [-0.25, -0.2) is 9.48 Å². The van der Waals surface area contributed by atoms with Crippen molar-refractivity contribution in [2.45, 2.75) is 19.5 Å². The third kappa shape index (κ3) is 4.06. The second kappa shape index (κ2) is 7.21. The Morgan fingerprint density at radius 1 is 1.28 bits per heavy atom. The number of hydrogen-bond donors (Lipinski definition) is 1. The number of amides is 2. The zero-order valence-electron chi connectivity index (χ0n) is 14.6. The highest BCUT2D eigenvalue weighted by Gasteiger charge is 2.15. The van der Waals surface area contributed by atoms with Gasteiger partial charge >= 0.3 is 6.03 Å². The van der Waals surface area contributed by atoms with Gasteiger partial charge in [-0.2, -0.15) is 10.2 Å². The van der Waals surface area contributed by atoms with Crippen LogP contribution in [-0.2, 0) is 13.6 Å². The van der Waals surface area contributed by atoms with Crippen LogP contribution in [-0.4, -0.2) is 37.5 Å². The first kappa shape index (κ1) is 16.8. The highest BCUT2D eigenvalue weighted by molar-refractivity contribution is 5.74. The number of carbonyl (C=O) groups is 1. The Balaban J connectivity index is 1.64. The van der Waals surface area contributed by atoms with Gasteiger partial charge in [0.05, 0.1) is 24.0 Å². The fourth-order valence-electron chi connectivity index (χ4n) is 2.60. The lowest BCUT2D eigenvalue weighted by Crippen LogP contribution is -2.38. The van der Waals surface area contributed by atoms with Crippen LogP contribution in [0.4, 0.5) is 4.79 Å². The van der Waals surface area contributed by atoms with Gasteiger partial charge in [-0.1, -0.05) is 12.1 Å². The first-order valence-corrected chi connectivity index (χ1v) is 8.13. The zero-order chi connectivity index (χ0) is 17.8. The summed E-state index contributed by atoms with van der Waals surface area (Å²) in [6.07, 6.45) is 5.50. The van der Waals surface area contributed by atoms with Gasteiger partial charge < -0.3 is 10.2 Å². The Kier molecular flexibility index (Phi) is 4.83. The largest absolute Gasteiger partial charge is 0.331 e. The van der Waals surface area contributed by atoms with E-state index in [2.05, 4.69) is 15.5 Å². The van der Waals surface area contributed by atoms with Crippen LogP contribution in [0.1, 0.15) is 24.2 Å². The molecule has 0 aliphatic rings. The second-order valence-electron chi connectivity index (χ2n) is 6.05. The van der Waals surface area contributed by atoms with Gasteiger partial charge in [-0.05, 0) is 36.8 Å². The van der Waals surface area contributed by atoms with Crippen molar-refractivity contribution < 1.29 is 4.79 Å². The molecule has 7 heteroatoms. The van der Waals surface area contributed by atoms with E-state index in [0.29, 0.717) is 6.54 Å². The number of nitrogens with zero attached hydrogens (tertiary/aromatic N) is 5. The van der Waals surface area contributed by atoms with Gasteiger partial charge in [-0.15, -0.1) is 0 Å². The molecule has 0 bridgehead atoms. The molecule has 0 spiro atoms. The van der Waals surface area contributed by atoms with Gasteiger partial charge in [0.1, 0.15) is 0 Å². The summed E-state index contributed by atoms with van der Waals surface area (Å²) in [5.41, 5.74) is 2.84. The molecule has 0 saturated carbocycles. The summed E-state index contributed by atoms with van der Waals surface area (Å²) in [7, 11) is 3.62. The third-order valence-electron chi connectivity index (χ3n) is 3.99. The smallest absolute Gasteiger partial charge is 0.317 e. The minimum atomic E-state index is -0.136. The molecule has 2 heterocycles. The Bertz CT molecular complexity index is 839. The molecule has 1 aromatic carbocycles. The van der Waals surface area contributed by atoms with Crippen LogP contribution in [0, 0.1) is 0 Å². The van der Waals surface area contributed by atoms with Crippen LogP contribution in [0.2, 0.25) is 0 Å². The Morgan fingerprint density at radius 2 is 2.12 bits per heavy atom. The topological polar surface area (TPSA) is 68.0 Å². The number of benzene rings is 1. The average molecular weight is 338 g/mol. The average Bonchev–Trinajstić information content (AvgIpc) is 3.27. The van der Waals surface area contributed by atoms with Crippen molar-refractivity contribution in [2.75, 3.05) is 7.05 Å². The highest BCUT2D eigenvalue weighted by Crippen LogP contribution is 2.17. The summed E-state index contributed by atoms with van der Waals surface area (Å²) < 4.78 is 3.52. The quantitative estimate of drug-likeness (QED) is 0.777. The first-order valence-electron chi connectivity index (χ1n) is 8.13. The molecule has 1 N–H and O–H groups in total. The molecule has 25 heavy (non-hydrogen) atoms. The molecule has 0 saturated heterocycles. The summed E-state index contributed by atoms with van der Waals surface area (Å²) in [4.78, 5) is 14.0. The number of nitrogens with one attached hydrogen (secondary N) is 1. The fraction of sp³-hybridized carbons (Fsp3) is 0.278. The van der Waals surface area contributed by atoms with Crippen molar-refractivity contribution >= 4 is 6.03 Å². The van der Waals surface area contributed by atoms with Crippen LogP contribution in [0.25, 0.3) is 5.69 Å². The minimum absolute atomic E-state index is 0.116. The summed E-state index contributed by atoms with van der Waals surface area (Å²) in [5.74, 6) is 0. The van der Waals surface area contributed by atoms with E-state index in [0.717, 1.165) is 16.9 Å². The SMILES string of the molecule is CC(NC(=O)N(C)Cc1ccn(C)n1)c1cccc(-n2cccn2)c1. The number of urea groups is 1. The van der Waals surface area contributed by atoms with Crippen LogP contribution in [0.15, 0.2) is 55.0 Å². The van der Waals surface area contributed by atoms with Crippen molar-refractivity contribution in [3.63, 3.8) is 0 Å². The zero-order valence-corrected chi connectivity index (χ0v) is 14.6. The maximum atomic E-state index is 12.4. The molecule has 0 aliphatic carbocycles. The van der Waals surface area contributed by atoms with Crippen molar-refractivity contribution in [3.05, 3.63) is 66.2 Å². The van der Waals surface area contributed by atoms with Crippen LogP contribution in [0.5, 0.6) is 0 Å². The molecule has 2 aromatic heterocycles. The number of hydrogen-bond acceptors (Lipinski definition) is 3. The molecular weight excluding hydrogens is 316 g/mol. The Hall–Kier alpha value is -3.09. The monoisotopic (exact) mass is 338 g/mol. The van der Waals surface area contributed by atoms with E-state index in [1.54, 1.807) is 27.5 Å². The minimum Gasteiger partial charge on any atom is -0.331 e. The summed E-state index contributed by atoms with van der Waals surface area (Å²) in [6.45, 7) is 2.43. The molecule has 7 nitrogen and oxygen atoms in total. The lowest BCUT2D eigenvalue weighted by atomic mass is 10.1. The molecule has 3 aromatic rings. The Morgan fingerprint density at radius 3 is 2.80 bits per heavy atom. The van der Waals surface area contributed by atoms with E-state index >= 15 is 0 Å². The van der Waals surface area contributed by atoms with Gasteiger partial charge in [0.25, 0.3) is 0 Å². The van der Waals surface area contributed by atoms with Crippen LogP contribution >= 0.6 is 0 Å². The molecule has 1 atom stereocenters. The summed E-state index contributed by atoms with van der Waals surface area (Å²) >= 11 is 0. The van der Waals surface area contributed by atoms with Crippen LogP contribution < -0.4 is 5.32 Å². The van der Waals surface area contributed by atoms with Crippen molar-refractivity contribution in [2.24, 2.45) is 7.05 Å². The second-order valence-corrected chi connectivity index (χ2v) is 6.05. The molecule has 3 rings (SSSR count). The normalized spacial score (nSPS) is 12.0. The van der Waals surface area contributed by atoms with E-state index in [-0.39, 0.29) is 12.1 Å². The van der Waals surface area contributed by atoms with E-state index in [1.807, 2.05) is 62.8 Å². The van der Waals surface area contributed by atoms with E-state index in [1.165, 1.54) is 0 Å². The van der Waals surface area contributed by atoms with E-state index in [9.17, 15) is 4.79 Å². The number of aryl methyl sites for hydroxylation is 1. The molecule has 0 fully saturated rings. The summed E-state index contributed by atoms with van der Waals surface area (Å²) in [6, 6.07) is 11.5. The predicted octanol–water partition coefficient (Wildman–Crippen LogP) is 2.51. The number of aromatic nitrogens is 4. The standard InChI is InChI=1S/C18H22N6O/c1-14(15-6-4-7-17(12-15)24-10-5-9-19-24)20-18(25)22(2)13-16-8-11-23(3)21-16/h4-12,14H,13H2,1-3H3,(H,20,25). The molecule has 1 unspecified atom stereocenters. The van der Waals surface area contributed by atoms with Gasteiger partial charge in [-0.3, -0.25) is 4.68 Å². The van der Waals surface area contributed by atoms with Gasteiger partial charge in [0.15, 0.2) is 0 Å². The molecule has 0 aliphatic heterocycles. The van der Waals surface area contributed by atoms with E-state index in [4.69, 9.17) is 0 Å². The lowest BCUT2D eigenvalue weighted by Gasteiger charge is -2.21. The summed E-state index contributed by atoms with van der Waals surface area (Å²) in [5, 5.41) is 11.6. The number of carbonyl (C=O) groups excluding carboxylic acids is 1. The molecular formula is C18H22N6O. The van der Waals surface area contributed by atoms with Gasteiger partial charge in [0, 0.05) is 32.7 Å². The third-order valence-corrected chi connectivity index (χ3v) is 3.99. The predicted molar refractivity (Wildman–Crippen MR) is 95.2 cm³/mol. The number of rotatable bonds is 5. The van der Waals surface area contributed by atoms with Gasteiger partial charge in [0.2, 0.25) is 0 Å². The van der Waals surface area contributed by atoms with E-state index < -0.39 is 0 Å². The van der Waals surface area contributed by atoms with Crippen molar-refractivity contribution in [1.29, 1.82) is 0 Å². The van der Waals surface area contributed by atoms with Crippen molar-refractivity contribution in [1.82, 2.24) is 29.8 Å². The fourth-order valence-corrected chi connectivity index (χ4v) is 2.60. The first-order chi connectivity index (χ1) is 12.0. The molecule has 2 amide bonds. The lowest BCUT2D eigenvalue weighted by molar-refractivity contribution is 0.203. The highest BCUT2D eigenvalue weighted by atomic mass is 16.2.